The lowest BCUT2D eigenvalue weighted by atomic mass is 9.76. The summed E-state index contributed by atoms with van der Waals surface area (Å²) in [6.07, 6.45) is -0.0116. The quantitative estimate of drug-likeness (QED) is 0.550. The van der Waals surface area contributed by atoms with E-state index in [1.165, 1.54) is 4.90 Å². The first-order valence-electron chi connectivity index (χ1n) is 11.1. The lowest BCUT2D eigenvalue weighted by Crippen LogP contribution is -2.53. The van der Waals surface area contributed by atoms with Gasteiger partial charge in [0.25, 0.3) is 5.92 Å². The summed E-state index contributed by atoms with van der Waals surface area (Å²) >= 11 is 0. The monoisotopic (exact) mass is 471 g/mol. The van der Waals surface area contributed by atoms with Gasteiger partial charge in [0.2, 0.25) is 0 Å². The predicted molar refractivity (Wildman–Crippen MR) is 118 cm³/mol. The SMILES string of the molecule is CC(C)OCC(F)(F)COCc1ccc(C2(O)CCN(C(=O)OC(C)(C)C)CC2C=O)cc1. The number of likely N-dealkylation sites (tertiary alicyclic amines) is 1. The molecule has 0 spiro atoms. The molecule has 0 aliphatic carbocycles. The van der Waals surface area contributed by atoms with E-state index in [1.54, 1.807) is 58.9 Å². The van der Waals surface area contributed by atoms with Crippen molar-refractivity contribution < 1.29 is 37.7 Å². The molecule has 1 saturated heterocycles. The Morgan fingerprint density at radius 2 is 1.88 bits per heavy atom. The summed E-state index contributed by atoms with van der Waals surface area (Å²) in [5.41, 5.74) is -0.939. The number of ether oxygens (including phenoxy) is 3. The minimum Gasteiger partial charge on any atom is -0.444 e. The van der Waals surface area contributed by atoms with Crippen LogP contribution in [0, 0.1) is 5.92 Å². The number of halogens is 2. The molecule has 0 radical (unpaired) electrons. The zero-order valence-electron chi connectivity index (χ0n) is 20.0. The van der Waals surface area contributed by atoms with Crippen LogP contribution in [-0.2, 0) is 31.2 Å². The molecule has 7 nitrogen and oxygen atoms in total. The van der Waals surface area contributed by atoms with Gasteiger partial charge in [0.05, 0.1) is 18.6 Å². The van der Waals surface area contributed by atoms with E-state index in [2.05, 4.69) is 0 Å². The van der Waals surface area contributed by atoms with Gasteiger partial charge >= 0.3 is 6.09 Å². The van der Waals surface area contributed by atoms with Gasteiger partial charge in [-0.05, 0) is 52.2 Å². The molecule has 1 aromatic carbocycles. The molecular formula is C24H35F2NO6. The fraction of sp³-hybridized carbons (Fsp3) is 0.667. The van der Waals surface area contributed by atoms with Crippen molar-refractivity contribution in [3.63, 3.8) is 0 Å². The van der Waals surface area contributed by atoms with E-state index in [0.29, 0.717) is 17.4 Å². The first-order chi connectivity index (χ1) is 15.3. The molecule has 0 saturated carbocycles. The Morgan fingerprint density at radius 1 is 1.24 bits per heavy atom. The Balaban J connectivity index is 1.97. The molecule has 2 unspecified atom stereocenters. The summed E-state index contributed by atoms with van der Waals surface area (Å²) < 4.78 is 43.0. The van der Waals surface area contributed by atoms with E-state index >= 15 is 0 Å². The Hall–Kier alpha value is -2.10. The molecule has 1 aliphatic rings. The zero-order valence-corrected chi connectivity index (χ0v) is 20.0. The number of alkyl halides is 2. The number of amides is 1. The molecule has 186 valence electrons. The Bertz CT molecular complexity index is 793. The van der Waals surface area contributed by atoms with Gasteiger partial charge in [0, 0.05) is 13.1 Å². The van der Waals surface area contributed by atoms with Crippen LogP contribution in [0.15, 0.2) is 24.3 Å². The molecule has 1 N–H and O–H groups in total. The molecule has 0 aromatic heterocycles. The molecule has 2 rings (SSSR count). The summed E-state index contributed by atoms with van der Waals surface area (Å²) in [5, 5.41) is 11.3. The maximum atomic E-state index is 13.8. The number of piperidine rings is 1. The largest absolute Gasteiger partial charge is 0.444 e. The summed E-state index contributed by atoms with van der Waals surface area (Å²) in [6.45, 7) is 7.41. The molecule has 33 heavy (non-hydrogen) atoms. The Labute approximate surface area is 194 Å². The van der Waals surface area contributed by atoms with Crippen molar-refractivity contribution in [2.24, 2.45) is 5.92 Å². The van der Waals surface area contributed by atoms with Gasteiger partial charge in [-0.15, -0.1) is 0 Å². The van der Waals surface area contributed by atoms with Crippen LogP contribution in [-0.4, -0.2) is 66.3 Å². The van der Waals surface area contributed by atoms with Gasteiger partial charge < -0.3 is 29.0 Å². The number of benzene rings is 1. The topological polar surface area (TPSA) is 85.3 Å². The molecule has 2 atom stereocenters. The second kappa shape index (κ2) is 10.9. The van der Waals surface area contributed by atoms with Gasteiger partial charge in [-0.25, -0.2) is 13.6 Å². The number of hydrogen-bond donors (Lipinski definition) is 1. The highest BCUT2D eigenvalue weighted by atomic mass is 19.3. The molecule has 0 bridgehead atoms. The third-order valence-corrected chi connectivity index (χ3v) is 5.27. The van der Waals surface area contributed by atoms with Crippen LogP contribution in [0.5, 0.6) is 0 Å². The Morgan fingerprint density at radius 3 is 2.42 bits per heavy atom. The first-order valence-corrected chi connectivity index (χ1v) is 11.1. The predicted octanol–water partition coefficient (Wildman–Crippen LogP) is 3.91. The van der Waals surface area contributed by atoms with Gasteiger partial charge in [0.15, 0.2) is 0 Å². The first kappa shape index (κ1) is 27.1. The van der Waals surface area contributed by atoms with Crippen molar-refractivity contribution >= 4 is 12.4 Å². The highest BCUT2D eigenvalue weighted by Gasteiger charge is 2.44. The average molecular weight is 472 g/mol. The van der Waals surface area contributed by atoms with Crippen molar-refractivity contribution in [2.75, 3.05) is 26.3 Å². The van der Waals surface area contributed by atoms with Gasteiger partial charge in [-0.1, -0.05) is 24.3 Å². The number of carbonyl (C=O) groups is 2. The van der Waals surface area contributed by atoms with Crippen molar-refractivity contribution in [1.82, 2.24) is 4.90 Å². The highest BCUT2D eigenvalue weighted by Crippen LogP contribution is 2.37. The zero-order chi connectivity index (χ0) is 24.9. The lowest BCUT2D eigenvalue weighted by Gasteiger charge is -2.42. The number of rotatable bonds is 9. The molecule has 1 aliphatic heterocycles. The van der Waals surface area contributed by atoms with E-state index in [9.17, 15) is 23.5 Å². The number of aliphatic hydroxyl groups is 1. The summed E-state index contributed by atoms with van der Waals surface area (Å²) in [5.74, 6) is -3.92. The lowest BCUT2D eigenvalue weighted by molar-refractivity contribution is -0.135. The number of nitrogens with zero attached hydrogens (tertiary/aromatic N) is 1. The maximum absolute atomic E-state index is 13.8. The minimum atomic E-state index is -3.08. The molecular weight excluding hydrogens is 436 g/mol. The van der Waals surface area contributed by atoms with Gasteiger partial charge in [0.1, 0.15) is 30.7 Å². The smallest absolute Gasteiger partial charge is 0.410 e. The fourth-order valence-corrected chi connectivity index (χ4v) is 3.51. The minimum absolute atomic E-state index is 0.0283. The summed E-state index contributed by atoms with van der Waals surface area (Å²) in [7, 11) is 0. The number of carbonyl (C=O) groups excluding carboxylic acids is 2. The van der Waals surface area contributed by atoms with Crippen LogP contribution in [0.25, 0.3) is 0 Å². The van der Waals surface area contributed by atoms with Crippen LogP contribution in [0.1, 0.15) is 52.2 Å². The van der Waals surface area contributed by atoms with E-state index < -0.39 is 42.3 Å². The number of aldehydes is 1. The molecule has 9 heteroatoms. The van der Waals surface area contributed by atoms with E-state index in [1.807, 2.05) is 0 Å². The third kappa shape index (κ3) is 8.01. The maximum Gasteiger partial charge on any atom is 0.410 e. The van der Waals surface area contributed by atoms with Crippen LogP contribution < -0.4 is 0 Å². The van der Waals surface area contributed by atoms with Crippen LogP contribution >= 0.6 is 0 Å². The summed E-state index contributed by atoms with van der Waals surface area (Å²) in [6, 6.07) is 6.63. The highest BCUT2D eigenvalue weighted by molar-refractivity contribution is 5.70. The molecule has 1 heterocycles. The van der Waals surface area contributed by atoms with E-state index in [4.69, 9.17) is 14.2 Å². The second-order valence-corrected chi connectivity index (χ2v) is 9.75. The van der Waals surface area contributed by atoms with Crippen molar-refractivity contribution in [2.45, 2.75) is 70.9 Å². The number of hydrogen-bond acceptors (Lipinski definition) is 6. The van der Waals surface area contributed by atoms with E-state index in [-0.39, 0.29) is 32.2 Å². The second-order valence-electron chi connectivity index (χ2n) is 9.75. The van der Waals surface area contributed by atoms with Gasteiger partial charge in [-0.3, -0.25) is 0 Å². The van der Waals surface area contributed by atoms with Crippen LogP contribution in [0.4, 0.5) is 13.6 Å². The summed E-state index contributed by atoms with van der Waals surface area (Å²) in [4.78, 5) is 25.5. The van der Waals surface area contributed by atoms with Crippen molar-refractivity contribution in [1.29, 1.82) is 0 Å². The molecule has 1 fully saturated rings. The Kier molecular flexibility index (Phi) is 8.95. The molecule has 1 aromatic rings. The van der Waals surface area contributed by atoms with E-state index in [0.717, 1.165) is 0 Å². The standard InChI is InChI=1S/C24H35F2NO6/c1-17(2)32-16-23(25,26)15-31-14-18-6-8-19(9-7-18)24(30)10-11-27(12-20(24)13-28)21(29)33-22(3,4)5/h6-9,13,17,20,30H,10-12,14-16H2,1-5H3. The fourth-order valence-electron chi connectivity index (χ4n) is 3.51. The normalized spacial score (nSPS) is 21.8. The van der Waals surface area contributed by atoms with Crippen molar-refractivity contribution in [3.05, 3.63) is 35.4 Å². The van der Waals surface area contributed by atoms with Crippen LogP contribution in [0.2, 0.25) is 0 Å². The van der Waals surface area contributed by atoms with Crippen molar-refractivity contribution in [3.8, 4) is 0 Å². The molecule has 1 amide bonds. The van der Waals surface area contributed by atoms with Gasteiger partial charge in [-0.2, -0.15) is 0 Å². The third-order valence-electron chi connectivity index (χ3n) is 5.27. The van der Waals surface area contributed by atoms with Crippen LogP contribution in [0.3, 0.4) is 0 Å². The average Bonchev–Trinajstić information content (AvgIpc) is 2.71.